The van der Waals surface area contributed by atoms with Crippen molar-refractivity contribution in [3.63, 3.8) is 0 Å². The van der Waals surface area contributed by atoms with E-state index in [0.29, 0.717) is 5.69 Å². The average Bonchev–Trinajstić information content (AvgIpc) is 3.26. The van der Waals surface area contributed by atoms with Crippen LogP contribution in [0, 0.1) is 0 Å². The molecule has 4 rings (SSSR count). The molecule has 1 fully saturated rings. The fourth-order valence-electron chi connectivity index (χ4n) is 4.36. The molecule has 0 bridgehead atoms. The maximum Gasteiger partial charge on any atom is 0.273 e. The highest BCUT2D eigenvalue weighted by Crippen LogP contribution is 2.44. The molecule has 2 aromatic heterocycles. The maximum absolute atomic E-state index is 13.1. The molecule has 1 atom stereocenters. The summed E-state index contributed by atoms with van der Waals surface area (Å²) in [6.45, 7) is 2.28. The van der Waals surface area contributed by atoms with Crippen LogP contribution in [0.15, 0.2) is 11.6 Å². The summed E-state index contributed by atoms with van der Waals surface area (Å²) in [5.74, 6) is 0.798. The van der Waals surface area contributed by atoms with E-state index in [2.05, 4.69) is 14.9 Å². The van der Waals surface area contributed by atoms with E-state index in [0.717, 1.165) is 62.0 Å². The van der Waals surface area contributed by atoms with E-state index in [9.17, 15) is 4.79 Å². The van der Waals surface area contributed by atoms with Crippen molar-refractivity contribution in [1.82, 2.24) is 24.8 Å². The van der Waals surface area contributed by atoms with E-state index in [-0.39, 0.29) is 11.3 Å². The van der Waals surface area contributed by atoms with Crippen LogP contribution in [0.4, 0.5) is 5.95 Å². The molecule has 1 unspecified atom stereocenters. The predicted octanol–water partition coefficient (Wildman–Crippen LogP) is 2.18. The van der Waals surface area contributed by atoms with Crippen LogP contribution in [0.2, 0.25) is 0 Å². The van der Waals surface area contributed by atoms with Gasteiger partial charge in [-0.15, -0.1) is 11.3 Å². The molecule has 28 heavy (non-hydrogen) atoms. The number of thiazole rings is 1. The van der Waals surface area contributed by atoms with Crippen LogP contribution >= 0.6 is 11.3 Å². The van der Waals surface area contributed by atoms with Crippen molar-refractivity contribution in [2.75, 3.05) is 46.2 Å². The third-order valence-electron chi connectivity index (χ3n) is 5.71. The lowest BCUT2D eigenvalue weighted by molar-refractivity contribution is 0.0628. The van der Waals surface area contributed by atoms with Crippen LogP contribution in [-0.2, 0) is 18.4 Å². The molecule has 1 aliphatic heterocycles. The Kier molecular flexibility index (Phi) is 5.09. The number of aromatic nitrogens is 3. The maximum atomic E-state index is 13.1. The molecule has 0 saturated carbocycles. The van der Waals surface area contributed by atoms with Gasteiger partial charge in [-0.2, -0.15) is 0 Å². The minimum absolute atomic E-state index is 0.0422. The molecule has 8 heteroatoms. The second kappa shape index (κ2) is 7.40. The first-order valence-corrected chi connectivity index (χ1v) is 10.7. The van der Waals surface area contributed by atoms with E-state index in [1.54, 1.807) is 11.3 Å². The van der Waals surface area contributed by atoms with Crippen LogP contribution in [0.1, 0.15) is 46.0 Å². The van der Waals surface area contributed by atoms with Gasteiger partial charge >= 0.3 is 0 Å². The first-order valence-electron chi connectivity index (χ1n) is 9.80. The number of amides is 1. The van der Waals surface area contributed by atoms with Crippen LogP contribution in [-0.4, -0.2) is 71.9 Å². The molecule has 2 aliphatic rings. The molecule has 0 N–H and O–H groups in total. The molecular formula is C20H28N6OS. The lowest BCUT2D eigenvalue weighted by Crippen LogP contribution is -2.48. The summed E-state index contributed by atoms with van der Waals surface area (Å²) in [5.41, 5.74) is 2.92. The van der Waals surface area contributed by atoms with E-state index >= 15 is 0 Å². The number of likely N-dealkylation sites (tertiary alicyclic amines) is 1. The standard InChI is InChI=1S/C20H28N6OS/c1-24(2)11-16-22-15(12-28-16)18(27)26-9-5-7-20(13-26)8-6-14-10-21-19(25(3)4)23-17(14)20/h10,12H,5-9,11,13H2,1-4H3. The molecule has 1 saturated heterocycles. The first kappa shape index (κ1) is 19.3. The van der Waals surface area contributed by atoms with Crippen molar-refractivity contribution in [2.24, 2.45) is 0 Å². The zero-order valence-corrected chi connectivity index (χ0v) is 17.9. The first-order chi connectivity index (χ1) is 13.4. The van der Waals surface area contributed by atoms with Gasteiger partial charge in [-0.3, -0.25) is 4.79 Å². The Hall–Kier alpha value is -2.06. The van der Waals surface area contributed by atoms with Gasteiger partial charge in [0.15, 0.2) is 0 Å². The Morgan fingerprint density at radius 1 is 1.25 bits per heavy atom. The largest absolute Gasteiger partial charge is 0.347 e. The molecule has 1 aliphatic carbocycles. The van der Waals surface area contributed by atoms with Crippen molar-refractivity contribution in [3.05, 3.63) is 33.5 Å². The highest BCUT2D eigenvalue weighted by Gasteiger charge is 2.45. The summed E-state index contributed by atoms with van der Waals surface area (Å²) in [5, 5.41) is 2.88. The Labute approximate surface area is 170 Å². The smallest absolute Gasteiger partial charge is 0.273 e. The molecule has 150 valence electrons. The van der Waals surface area contributed by atoms with Crippen molar-refractivity contribution >= 4 is 23.2 Å². The van der Waals surface area contributed by atoms with Crippen LogP contribution in [0.3, 0.4) is 0 Å². The zero-order valence-electron chi connectivity index (χ0n) is 17.1. The number of nitrogens with zero attached hydrogens (tertiary/aromatic N) is 6. The summed E-state index contributed by atoms with van der Waals surface area (Å²) >= 11 is 1.56. The molecule has 7 nitrogen and oxygen atoms in total. The van der Waals surface area contributed by atoms with E-state index < -0.39 is 0 Å². The number of aryl methyl sites for hydroxylation is 1. The van der Waals surface area contributed by atoms with Gasteiger partial charge in [0.1, 0.15) is 10.7 Å². The van der Waals surface area contributed by atoms with Gasteiger partial charge in [-0.05, 0) is 45.3 Å². The minimum atomic E-state index is -0.0422. The molecule has 3 heterocycles. The van der Waals surface area contributed by atoms with Gasteiger partial charge < -0.3 is 14.7 Å². The van der Waals surface area contributed by atoms with Crippen LogP contribution in [0.25, 0.3) is 0 Å². The zero-order chi connectivity index (χ0) is 19.9. The molecule has 0 aromatic carbocycles. The predicted molar refractivity (Wildman–Crippen MR) is 111 cm³/mol. The summed E-state index contributed by atoms with van der Waals surface area (Å²) in [6.07, 6.45) is 6.09. The van der Waals surface area contributed by atoms with Crippen molar-refractivity contribution < 1.29 is 4.79 Å². The Morgan fingerprint density at radius 2 is 2.07 bits per heavy atom. The fourth-order valence-corrected chi connectivity index (χ4v) is 5.25. The van der Waals surface area contributed by atoms with Crippen LogP contribution < -0.4 is 4.90 Å². The van der Waals surface area contributed by atoms with Gasteiger partial charge in [0.25, 0.3) is 5.91 Å². The molecule has 1 spiro atoms. The number of fused-ring (bicyclic) bond motifs is 2. The summed E-state index contributed by atoms with van der Waals surface area (Å²) < 4.78 is 0. The molecule has 1 amide bonds. The number of anilines is 1. The van der Waals surface area contributed by atoms with Gasteiger partial charge in [0.2, 0.25) is 5.95 Å². The Balaban J connectivity index is 1.57. The number of hydrogen-bond acceptors (Lipinski definition) is 7. The van der Waals surface area contributed by atoms with E-state index in [1.807, 2.05) is 49.6 Å². The SMILES string of the molecule is CN(C)Cc1nc(C(=O)N2CCCC3(CCc4cnc(N(C)C)nc43)C2)cs1. The summed E-state index contributed by atoms with van der Waals surface area (Å²) in [6, 6.07) is 0. The summed E-state index contributed by atoms with van der Waals surface area (Å²) in [4.78, 5) is 33.1. The lowest BCUT2D eigenvalue weighted by atomic mass is 9.77. The average molecular weight is 401 g/mol. The topological polar surface area (TPSA) is 65.5 Å². The van der Waals surface area contributed by atoms with Crippen molar-refractivity contribution in [1.29, 1.82) is 0 Å². The molecular weight excluding hydrogens is 372 g/mol. The number of hydrogen-bond donors (Lipinski definition) is 0. The Bertz CT molecular complexity index is 875. The van der Waals surface area contributed by atoms with Gasteiger partial charge in [-0.25, -0.2) is 15.0 Å². The molecule has 0 radical (unpaired) electrons. The second-order valence-corrected chi connectivity index (χ2v) is 9.36. The number of carbonyl (C=O) groups excluding carboxylic acids is 1. The van der Waals surface area contributed by atoms with Crippen LogP contribution in [0.5, 0.6) is 0 Å². The number of carbonyl (C=O) groups is 1. The van der Waals surface area contributed by atoms with Crippen molar-refractivity contribution in [3.8, 4) is 0 Å². The Morgan fingerprint density at radius 3 is 2.82 bits per heavy atom. The van der Waals surface area contributed by atoms with Gasteiger partial charge in [-0.1, -0.05) is 0 Å². The van der Waals surface area contributed by atoms with Gasteiger partial charge in [0.05, 0.1) is 5.69 Å². The number of piperidine rings is 1. The second-order valence-electron chi connectivity index (χ2n) is 8.41. The third kappa shape index (κ3) is 3.51. The van der Waals surface area contributed by atoms with E-state index in [1.165, 1.54) is 5.56 Å². The highest BCUT2D eigenvalue weighted by molar-refractivity contribution is 7.09. The fraction of sp³-hybridized carbons (Fsp3) is 0.600. The third-order valence-corrected chi connectivity index (χ3v) is 6.55. The summed E-state index contributed by atoms with van der Waals surface area (Å²) in [7, 11) is 7.96. The monoisotopic (exact) mass is 400 g/mol. The van der Waals surface area contributed by atoms with E-state index in [4.69, 9.17) is 4.98 Å². The van der Waals surface area contributed by atoms with Gasteiger partial charge in [0, 0.05) is 50.7 Å². The van der Waals surface area contributed by atoms with Crippen molar-refractivity contribution in [2.45, 2.75) is 37.6 Å². The molecule has 2 aromatic rings. The minimum Gasteiger partial charge on any atom is -0.347 e. The lowest BCUT2D eigenvalue weighted by Gasteiger charge is -2.40. The quantitative estimate of drug-likeness (QED) is 0.784. The number of rotatable bonds is 4. The normalized spacial score (nSPS) is 21.4. The highest BCUT2D eigenvalue weighted by atomic mass is 32.1.